The van der Waals surface area contributed by atoms with E-state index in [-0.39, 0.29) is 0 Å². The average Bonchev–Trinajstić information content (AvgIpc) is 2.44. The number of hydrogen-bond donors (Lipinski definition) is 0. The second-order valence-electron chi connectivity index (χ2n) is 4.03. The average molecular weight is 202 g/mol. The van der Waals surface area contributed by atoms with E-state index in [0.717, 1.165) is 34.1 Å². The Morgan fingerprint density at radius 3 is 2.40 bits per heavy atom. The lowest BCUT2D eigenvalue weighted by atomic mass is 10.00. The Bertz CT molecular complexity index is 547. The quantitative estimate of drug-likeness (QED) is 0.663. The molecule has 1 aromatic carbocycles. The normalized spacial score (nSPS) is 10.9. The maximum absolute atomic E-state index is 11.0. The Morgan fingerprint density at radius 2 is 1.80 bits per heavy atom. The molecule has 2 aromatic rings. The van der Waals surface area contributed by atoms with Gasteiger partial charge >= 0.3 is 0 Å². The van der Waals surface area contributed by atoms with Gasteiger partial charge in [0.1, 0.15) is 11.3 Å². The van der Waals surface area contributed by atoms with Gasteiger partial charge in [-0.25, -0.2) is 0 Å². The number of rotatable bonds is 1. The van der Waals surface area contributed by atoms with Gasteiger partial charge in [0.05, 0.1) is 5.56 Å². The summed E-state index contributed by atoms with van der Waals surface area (Å²) in [5, 5.41) is 1.08. The van der Waals surface area contributed by atoms with E-state index in [9.17, 15) is 4.79 Å². The molecule has 0 saturated carbocycles. The molecule has 0 saturated heterocycles. The first-order valence-electron chi connectivity index (χ1n) is 5.01. The highest BCUT2D eigenvalue weighted by molar-refractivity contribution is 5.99. The van der Waals surface area contributed by atoms with Crippen LogP contribution in [0.4, 0.5) is 0 Å². The first kappa shape index (κ1) is 9.97. The third-order valence-electron chi connectivity index (χ3n) is 3.00. The zero-order valence-electron chi connectivity index (χ0n) is 9.47. The predicted molar refractivity (Wildman–Crippen MR) is 60.5 cm³/mol. The molecule has 2 rings (SSSR count). The van der Waals surface area contributed by atoms with Crippen molar-refractivity contribution < 1.29 is 9.21 Å². The Hall–Kier alpha value is -1.57. The molecule has 0 unspecified atom stereocenters. The molecule has 0 aliphatic rings. The summed E-state index contributed by atoms with van der Waals surface area (Å²) in [6, 6.07) is 2.04. The van der Waals surface area contributed by atoms with Gasteiger partial charge in [-0.1, -0.05) is 6.07 Å². The van der Waals surface area contributed by atoms with Crippen LogP contribution >= 0.6 is 0 Å². The number of furan rings is 1. The van der Waals surface area contributed by atoms with E-state index in [1.807, 2.05) is 33.8 Å². The van der Waals surface area contributed by atoms with Crippen LogP contribution in [0.1, 0.15) is 32.8 Å². The van der Waals surface area contributed by atoms with Crippen LogP contribution in [-0.4, -0.2) is 6.29 Å². The van der Waals surface area contributed by atoms with Gasteiger partial charge in [0.15, 0.2) is 6.29 Å². The number of benzene rings is 1. The van der Waals surface area contributed by atoms with Crippen LogP contribution in [0.15, 0.2) is 10.5 Å². The summed E-state index contributed by atoms with van der Waals surface area (Å²) in [6.07, 6.45) is 0.874. The number of aryl methyl sites for hydroxylation is 4. The monoisotopic (exact) mass is 202 g/mol. The van der Waals surface area contributed by atoms with Crippen molar-refractivity contribution in [1.29, 1.82) is 0 Å². The minimum absolute atomic E-state index is 0.673. The second kappa shape index (κ2) is 3.23. The van der Waals surface area contributed by atoms with Gasteiger partial charge in [0, 0.05) is 5.39 Å². The molecule has 1 aromatic heterocycles. The molecular weight excluding hydrogens is 188 g/mol. The maximum atomic E-state index is 11.0. The molecule has 0 atom stereocenters. The van der Waals surface area contributed by atoms with E-state index in [1.165, 1.54) is 5.56 Å². The van der Waals surface area contributed by atoms with Crippen molar-refractivity contribution in [3.63, 3.8) is 0 Å². The molecule has 0 bridgehead atoms. The Labute approximate surface area is 88.9 Å². The summed E-state index contributed by atoms with van der Waals surface area (Å²) < 4.78 is 5.65. The number of carbonyl (C=O) groups is 1. The Kier molecular flexibility index (Phi) is 2.14. The van der Waals surface area contributed by atoms with Gasteiger partial charge in [-0.15, -0.1) is 0 Å². The van der Waals surface area contributed by atoms with E-state index in [2.05, 4.69) is 0 Å². The van der Waals surface area contributed by atoms with Crippen LogP contribution in [0, 0.1) is 27.7 Å². The van der Waals surface area contributed by atoms with Crippen molar-refractivity contribution in [3.05, 3.63) is 34.1 Å². The summed E-state index contributed by atoms with van der Waals surface area (Å²) in [7, 11) is 0. The molecule has 2 nitrogen and oxygen atoms in total. The van der Waals surface area contributed by atoms with E-state index < -0.39 is 0 Å². The molecule has 2 heteroatoms. The van der Waals surface area contributed by atoms with Gasteiger partial charge in [-0.2, -0.15) is 0 Å². The summed E-state index contributed by atoms with van der Waals surface area (Å²) in [4.78, 5) is 11.0. The largest absolute Gasteiger partial charge is 0.460 e. The highest BCUT2D eigenvalue weighted by Crippen LogP contribution is 2.31. The van der Waals surface area contributed by atoms with Crippen molar-refractivity contribution >= 4 is 17.3 Å². The van der Waals surface area contributed by atoms with Crippen LogP contribution in [0.5, 0.6) is 0 Å². The molecule has 0 aliphatic carbocycles. The molecule has 15 heavy (non-hydrogen) atoms. The lowest BCUT2D eigenvalue weighted by molar-refractivity contribution is 0.112. The molecular formula is C13H14O2. The maximum Gasteiger partial charge on any atom is 0.154 e. The lowest BCUT2D eigenvalue weighted by Gasteiger charge is -2.03. The second-order valence-corrected chi connectivity index (χ2v) is 4.03. The first-order chi connectivity index (χ1) is 7.06. The molecule has 0 radical (unpaired) electrons. The number of fused-ring (bicyclic) bond motifs is 1. The zero-order valence-corrected chi connectivity index (χ0v) is 9.47. The van der Waals surface area contributed by atoms with E-state index in [4.69, 9.17) is 4.42 Å². The van der Waals surface area contributed by atoms with Gasteiger partial charge in [-0.3, -0.25) is 4.79 Å². The third-order valence-corrected chi connectivity index (χ3v) is 3.00. The fourth-order valence-corrected chi connectivity index (χ4v) is 2.09. The van der Waals surface area contributed by atoms with Crippen molar-refractivity contribution in [3.8, 4) is 0 Å². The Balaban J connectivity index is 3.03. The van der Waals surface area contributed by atoms with Crippen molar-refractivity contribution in [2.75, 3.05) is 0 Å². The summed E-state index contributed by atoms with van der Waals surface area (Å²) >= 11 is 0. The highest BCUT2D eigenvalue weighted by Gasteiger charge is 2.14. The van der Waals surface area contributed by atoms with Crippen molar-refractivity contribution in [2.24, 2.45) is 0 Å². The molecule has 1 heterocycles. The zero-order chi connectivity index (χ0) is 11.2. The van der Waals surface area contributed by atoms with Crippen LogP contribution < -0.4 is 0 Å². The minimum Gasteiger partial charge on any atom is -0.460 e. The topological polar surface area (TPSA) is 30.2 Å². The fourth-order valence-electron chi connectivity index (χ4n) is 2.09. The van der Waals surface area contributed by atoms with E-state index in [1.54, 1.807) is 0 Å². The van der Waals surface area contributed by atoms with Gasteiger partial charge in [0.25, 0.3) is 0 Å². The standard InChI is InChI=1S/C13H14O2/c1-7-5-8(2)12-9(3)10(4)15-13(12)11(7)6-14/h5-6H,1-4H3. The molecule has 78 valence electrons. The van der Waals surface area contributed by atoms with Gasteiger partial charge < -0.3 is 4.42 Å². The molecule has 0 N–H and O–H groups in total. The first-order valence-corrected chi connectivity index (χ1v) is 5.01. The SMILES string of the molecule is Cc1cc(C)c2c(C)c(C)oc2c1C=O. The summed E-state index contributed by atoms with van der Waals surface area (Å²) in [5.74, 6) is 0.891. The molecule has 0 fully saturated rings. The highest BCUT2D eigenvalue weighted by atomic mass is 16.3. The number of aldehydes is 1. The fraction of sp³-hybridized carbons (Fsp3) is 0.308. The van der Waals surface area contributed by atoms with E-state index in [0.29, 0.717) is 5.56 Å². The molecule has 0 amide bonds. The van der Waals surface area contributed by atoms with Crippen LogP contribution in [0.25, 0.3) is 11.0 Å². The van der Waals surface area contributed by atoms with Gasteiger partial charge in [-0.05, 0) is 44.4 Å². The van der Waals surface area contributed by atoms with Crippen molar-refractivity contribution in [1.82, 2.24) is 0 Å². The van der Waals surface area contributed by atoms with Crippen LogP contribution in [0.3, 0.4) is 0 Å². The van der Waals surface area contributed by atoms with Crippen molar-refractivity contribution in [2.45, 2.75) is 27.7 Å². The molecule has 0 spiro atoms. The van der Waals surface area contributed by atoms with Crippen LogP contribution in [-0.2, 0) is 0 Å². The predicted octanol–water partition coefficient (Wildman–Crippen LogP) is 3.48. The third kappa shape index (κ3) is 1.29. The van der Waals surface area contributed by atoms with E-state index >= 15 is 0 Å². The van der Waals surface area contributed by atoms with Crippen LogP contribution in [0.2, 0.25) is 0 Å². The summed E-state index contributed by atoms with van der Waals surface area (Å²) in [5.41, 5.74) is 4.68. The number of hydrogen-bond acceptors (Lipinski definition) is 2. The minimum atomic E-state index is 0.673. The Morgan fingerprint density at radius 1 is 1.13 bits per heavy atom. The number of carbonyl (C=O) groups excluding carboxylic acids is 1. The lowest BCUT2D eigenvalue weighted by Crippen LogP contribution is -1.89. The summed E-state index contributed by atoms with van der Waals surface area (Å²) in [6.45, 7) is 7.94. The molecule has 0 aliphatic heterocycles. The van der Waals surface area contributed by atoms with Gasteiger partial charge in [0.2, 0.25) is 0 Å². The smallest absolute Gasteiger partial charge is 0.154 e.